The number of nitrogens with one attached hydrogen (secondary N) is 1. The van der Waals surface area contributed by atoms with Crippen molar-refractivity contribution < 1.29 is 9.53 Å². The Labute approximate surface area is 93.3 Å². The van der Waals surface area contributed by atoms with Crippen LogP contribution in [0.1, 0.15) is 15.9 Å². The lowest BCUT2D eigenvalue weighted by Gasteiger charge is -2.02. The van der Waals surface area contributed by atoms with Gasteiger partial charge in [0.25, 0.3) is 0 Å². The molecule has 1 N–H and O–H groups in total. The number of ether oxygens (including phenoxy) is 1. The minimum atomic E-state index is -0.385. The Bertz CT molecular complexity index is 500. The van der Waals surface area contributed by atoms with Gasteiger partial charge in [-0.1, -0.05) is 29.8 Å². The number of aromatic amines is 1. The maximum Gasteiger partial charge on any atom is 0.341 e. The lowest BCUT2D eigenvalue weighted by atomic mass is 10.1. The van der Waals surface area contributed by atoms with Crippen LogP contribution in [-0.4, -0.2) is 23.3 Å². The Morgan fingerprint density at radius 3 is 2.62 bits per heavy atom. The number of esters is 1. The van der Waals surface area contributed by atoms with Crippen molar-refractivity contribution in [2.75, 3.05) is 7.11 Å². The molecule has 1 aromatic heterocycles. The van der Waals surface area contributed by atoms with Crippen LogP contribution in [0.5, 0.6) is 0 Å². The first kappa shape index (κ1) is 10.4. The van der Waals surface area contributed by atoms with Gasteiger partial charge in [0.2, 0.25) is 0 Å². The number of carbonyl (C=O) groups excluding carboxylic acids is 1. The highest BCUT2D eigenvalue weighted by atomic mass is 16.5. The molecule has 1 heterocycles. The molecule has 0 radical (unpaired) electrons. The third-order valence-electron chi connectivity index (χ3n) is 2.38. The van der Waals surface area contributed by atoms with E-state index in [-0.39, 0.29) is 5.97 Å². The number of methoxy groups -OCH3 is 1. The van der Waals surface area contributed by atoms with E-state index >= 15 is 0 Å². The highest BCUT2D eigenvalue weighted by molar-refractivity contribution is 5.95. The highest BCUT2D eigenvalue weighted by Crippen LogP contribution is 2.21. The predicted octanol–water partition coefficient (Wildman–Crippen LogP) is 2.17. The smallest absolute Gasteiger partial charge is 0.341 e. The molecule has 0 spiro atoms. The molecule has 1 aromatic carbocycles. The lowest BCUT2D eigenvalue weighted by Crippen LogP contribution is -2.01. The molecule has 0 unspecified atom stereocenters. The molecule has 2 rings (SSSR count). The number of hydrogen-bond acceptors (Lipinski definition) is 3. The molecule has 16 heavy (non-hydrogen) atoms. The maximum atomic E-state index is 11.5. The summed E-state index contributed by atoms with van der Waals surface area (Å²) < 4.78 is 4.68. The predicted molar refractivity (Wildman–Crippen MR) is 60.1 cm³/mol. The summed E-state index contributed by atoms with van der Waals surface area (Å²) in [6, 6.07) is 7.85. The Hall–Kier alpha value is -2.10. The van der Waals surface area contributed by atoms with Gasteiger partial charge in [0.05, 0.1) is 19.0 Å². The first-order chi connectivity index (χ1) is 7.72. The molecule has 4 nitrogen and oxygen atoms in total. The average molecular weight is 216 g/mol. The Morgan fingerprint density at radius 1 is 1.31 bits per heavy atom. The van der Waals surface area contributed by atoms with Crippen molar-refractivity contribution in [2.45, 2.75) is 6.92 Å². The number of aromatic nitrogens is 2. The molecule has 0 fully saturated rings. The van der Waals surface area contributed by atoms with Gasteiger partial charge in [-0.3, -0.25) is 5.10 Å². The number of hydrogen-bond donors (Lipinski definition) is 1. The van der Waals surface area contributed by atoms with E-state index in [4.69, 9.17) is 0 Å². The van der Waals surface area contributed by atoms with Gasteiger partial charge in [-0.05, 0) is 6.92 Å². The average Bonchev–Trinajstić information content (AvgIpc) is 2.78. The molecule has 0 amide bonds. The molecule has 0 bridgehead atoms. The SMILES string of the molecule is COC(=O)c1cn[nH]c1-c1ccc(C)cc1. The summed E-state index contributed by atoms with van der Waals surface area (Å²) in [5, 5.41) is 6.67. The zero-order valence-electron chi connectivity index (χ0n) is 9.15. The molecule has 0 aliphatic carbocycles. The minimum Gasteiger partial charge on any atom is -0.465 e. The third-order valence-corrected chi connectivity index (χ3v) is 2.38. The fourth-order valence-corrected chi connectivity index (χ4v) is 1.49. The summed E-state index contributed by atoms with van der Waals surface area (Å²) in [6.45, 7) is 2.01. The maximum absolute atomic E-state index is 11.5. The Balaban J connectivity index is 2.44. The van der Waals surface area contributed by atoms with Gasteiger partial charge in [-0.25, -0.2) is 4.79 Å². The number of benzene rings is 1. The quantitative estimate of drug-likeness (QED) is 0.783. The van der Waals surface area contributed by atoms with Gasteiger partial charge in [0.15, 0.2) is 0 Å². The monoisotopic (exact) mass is 216 g/mol. The summed E-state index contributed by atoms with van der Waals surface area (Å²) >= 11 is 0. The minimum absolute atomic E-state index is 0.385. The van der Waals surface area contributed by atoms with Crippen molar-refractivity contribution in [3.8, 4) is 11.3 Å². The van der Waals surface area contributed by atoms with Crippen molar-refractivity contribution in [1.29, 1.82) is 0 Å². The standard InChI is InChI=1S/C12H12N2O2/c1-8-3-5-9(6-4-8)11-10(7-13-14-11)12(15)16-2/h3-7H,1-2H3,(H,13,14). The fraction of sp³-hybridized carbons (Fsp3) is 0.167. The van der Waals surface area contributed by atoms with E-state index in [1.807, 2.05) is 31.2 Å². The number of rotatable bonds is 2. The van der Waals surface area contributed by atoms with Gasteiger partial charge >= 0.3 is 5.97 Å². The second-order valence-corrected chi connectivity index (χ2v) is 3.52. The topological polar surface area (TPSA) is 55.0 Å². The molecule has 82 valence electrons. The van der Waals surface area contributed by atoms with E-state index in [0.29, 0.717) is 11.3 Å². The van der Waals surface area contributed by atoms with E-state index in [2.05, 4.69) is 14.9 Å². The van der Waals surface area contributed by atoms with Crippen molar-refractivity contribution in [1.82, 2.24) is 10.2 Å². The Morgan fingerprint density at radius 2 is 2.00 bits per heavy atom. The van der Waals surface area contributed by atoms with E-state index in [9.17, 15) is 4.79 Å². The Kier molecular flexibility index (Phi) is 2.72. The zero-order chi connectivity index (χ0) is 11.5. The molecule has 4 heteroatoms. The van der Waals surface area contributed by atoms with Gasteiger partial charge in [0, 0.05) is 5.56 Å². The largest absolute Gasteiger partial charge is 0.465 e. The van der Waals surface area contributed by atoms with Crippen LogP contribution in [0.4, 0.5) is 0 Å². The van der Waals surface area contributed by atoms with Crippen molar-refractivity contribution in [3.63, 3.8) is 0 Å². The lowest BCUT2D eigenvalue weighted by molar-refractivity contribution is 0.0601. The summed E-state index contributed by atoms with van der Waals surface area (Å²) in [5.41, 5.74) is 3.23. The van der Waals surface area contributed by atoms with Gasteiger partial charge in [0.1, 0.15) is 5.56 Å². The molecular weight excluding hydrogens is 204 g/mol. The molecular formula is C12H12N2O2. The molecule has 0 atom stereocenters. The van der Waals surface area contributed by atoms with Crippen LogP contribution >= 0.6 is 0 Å². The molecule has 2 aromatic rings. The first-order valence-corrected chi connectivity index (χ1v) is 4.91. The van der Waals surface area contributed by atoms with Crippen LogP contribution in [0.2, 0.25) is 0 Å². The number of H-pyrrole nitrogens is 1. The summed E-state index contributed by atoms with van der Waals surface area (Å²) in [6.07, 6.45) is 1.47. The van der Waals surface area contributed by atoms with Gasteiger partial charge in [-0.15, -0.1) is 0 Å². The van der Waals surface area contributed by atoms with Gasteiger partial charge in [-0.2, -0.15) is 5.10 Å². The fourth-order valence-electron chi connectivity index (χ4n) is 1.49. The van der Waals surface area contributed by atoms with E-state index in [1.54, 1.807) is 0 Å². The van der Waals surface area contributed by atoms with Crippen molar-refractivity contribution >= 4 is 5.97 Å². The highest BCUT2D eigenvalue weighted by Gasteiger charge is 2.14. The summed E-state index contributed by atoms with van der Waals surface area (Å²) in [5.74, 6) is -0.385. The zero-order valence-corrected chi connectivity index (χ0v) is 9.15. The third kappa shape index (κ3) is 1.82. The second kappa shape index (κ2) is 4.18. The number of nitrogens with zero attached hydrogens (tertiary/aromatic N) is 1. The van der Waals surface area contributed by atoms with Crippen LogP contribution in [0.25, 0.3) is 11.3 Å². The normalized spacial score (nSPS) is 10.1. The van der Waals surface area contributed by atoms with Crippen molar-refractivity contribution in [3.05, 3.63) is 41.6 Å². The molecule has 0 aliphatic heterocycles. The first-order valence-electron chi connectivity index (χ1n) is 4.91. The molecule has 0 saturated heterocycles. The van der Waals surface area contributed by atoms with Crippen LogP contribution in [0.3, 0.4) is 0 Å². The van der Waals surface area contributed by atoms with E-state index in [1.165, 1.54) is 18.9 Å². The van der Waals surface area contributed by atoms with Crippen LogP contribution in [0.15, 0.2) is 30.5 Å². The molecule has 0 saturated carbocycles. The van der Waals surface area contributed by atoms with E-state index < -0.39 is 0 Å². The molecule has 0 aliphatic rings. The van der Waals surface area contributed by atoms with Crippen LogP contribution in [0, 0.1) is 6.92 Å². The van der Waals surface area contributed by atoms with Crippen molar-refractivity contribution in [2.24, 2.45) is 0 Å². The summed E-state index contributed by atoms with van der Waals surface area (Å²) in [4.78, 5) is 11.5. The summed E-state index contributed by atoms with van der Waals surface area (Å²) in [7, 11) is 1.36. The number of aryl methyl sites for hydroxylation is 1. The van der Waals surface area contributed by atoms with Crippen LogP contribution < -0.4 is 0 Å². The number of carbonyl (C=O) groups is 1. The second-order valence-electron chi connectivity index (χ2n) is 3.52. The van der Waals surface area contributed by atoms with E-state index in [0.717, 1.165) is 5.56 Å². The van der Waals surface area contributed by atoms with Crippen LogP contribution in [-0.2, 0) is 4.74 Å². The van der Waals surface area contributed by atoms with Gasteiger partial charge < -0.3 is 4.74 Å².